The summed E-state index contributed by atoms with van der Waals surface area (Å²) in [5, 5.41) is 3.20. The molecule has 1 N–H and O–H groups in total. The molecule has 3 rings (SSSR count). The van der Waals surface area contributed by atoms with Crippen LogP contribution >= 0.6 is 0 Å². The number of benzene rings is 2. The number of nitrogens with zero attached hydrogens (tertiary/aromatic N) is 2. The Bertz CT molecular complexity index is 1030. The Morgan fingerprint density at radius 1 is 1.11 bits per heavy atom. The fourth-order valence-electron chi connectivity index (χ4n) is 2.94. The van der Waals surface area contributed by atoms with Crippen molar-refractivity contribution in [3.8, 4) is 0 Å². The molecule has 3 aromatic rings. The fourth-order valence-corrected chi connectivity index (χ4v) is 2.94. The van der Waals surface area contributed by atoms with Crippen molar-refractivity contribution >= 4 is 22.8 Å². The molecule has 0 unspecified atom stereocenters. The second kappa shape index (κ2) is 8.94. The van der Waals surface area contributed by atoms with Crippen molar-refractivity contribution in [2.75, 3.05) is 7.11 Å². The summed E-state index contributed by atoms with van der Waals surface area (Å²) < 4.78 is 6.19. The van der Waals surface area contributed by atoms with E-state index in [1.54, 1.807) is 18.2 Å². The van der Waals surface area contributed by atoms with Crippen LogP contribution in [0.3, 0.4) is 0 Å². The monoisotopic (exact) mass is 379 g/mol. The van der Waals surface area contributed by atoms with Gasteiger partial charge in [0.1, 0.15) is 6.04 Å². The third-order valence-electron chi connectivity index (χ3n) is 4.41. The number of hydrogen-bond donors (Lipinski definition) is 1. The summed E-state index contributed by atoms with van der Waals surface area (Å²) in [7, 11) is 1.28. The van der Waals surface area contributed by atoms with Crippen LogP contribution in [0.1, 0.15) is 12.0 Å². The first-order valence-corrected chi connectivity index (χ1v) is 8.94. The maximum absolute atomic E-state index is 12.5. The molecule has 2 aromatic carbocycles. The molecule has 0 aliphatic carbocycles. The molecule has 0 fully saturated rings. The summed E-state index contributed by atoms with van der Waals surface area (Å²) in [5.74, 6) is -0.854. The van der Waals surface area contributed by atoms with Crippen molar-refractivity contribution in [3.05, 3.63) is 76.8 Å². The molecule has 144 valence electrons. The Kier molecular flexibility index (Phi) is 6.16. The highest BCUT2D eigenvalue weighted by molar-refractivity contribution is 5.84. The molecule has 7 nitrogen and oxygen atoms in total. The van der Waals surface area contributed by atoms with Crippen LogP contribution in [0.2, 0.25) is 0 Å². The normalized spacial score (nSPS) is 11.8. The van der Waals surface area contributed by atoms with Gasteiger partial charge in [0.25, 0.3) is 5.56 Å². The number of aromatic nitrogens is 2. The van der Waals surface area contributed by atoms with Gasteiger partial charge in [-0.15, -0.1) is 0 Å². The van der Waals surface area contributed by atoms with Crippen LogP contribution < -0.4 is 10.9 Å². The maximum Gasteiger partial charge on any atom is 0.328 e. The number of hydrogen-bond acceptors (Lipinski definition) is 5. The number of nitrogens with one attached hydrogen (secondary N) is 1. The van der Waals surface area contributed by atoms with Gasteiger partial charge in [-0.3, -0.25) is 14.2 Å². The van der Waals surface area contributed by atoms with E-state index in [9.17, 15) is 14.4 Å². The molecule has 0 aliphatic rings. The number of ether oxygens (including phenoxy) is 1. The van der Waals surface area contributed by atoms with Crippen molar-refractivity contribution in [2.24, 2.45) is 0 Å². The zero-order valence-corrected chi connectivity index (χ0v) is 15.5. The first-order chi connectivity index (χ1) is 13.6. The van der Waals surface area contributed by atoms with Crippen molar-refractivity contribution in [1.82, 2.24) is 14.9 Å². The van der Waals surface area contributed by atoms with Crippen molar-refractivity contribution in [1.29, 1.82) is 0 Å². The Labute approximate surface area is 162 Å². The molecule has 0 aliphatic heterocycles. The third-order valence-corrected chi connectivity index (χ3v) is 4.41. The Morgan fingerprint density at radius 2 is 1.82 bits per heavy atom. The van der Waals surface area contributed by atoms with Crippen molar-refractivity contribution in [2.45, 2.75) is 25.4 Å². The van der Waals surface area contributed by atoms with E-state index in [1.165, 1.54) is 18.0 Å². The number of esters is 1. The predicted molar refractivity (Wildman–Crippen MR) is 105 cm³/mol. The van der Waals surface area contributed by atoms with Gasteiger partial charge >= 0.3 is 5.97 Å². The van der Waals surface area contributed by atoms with Gasteiger partial charge in [-0.2, -0.15) is 0 Å². The second-order valence-corrected chi connectivity index (χ2v) is 6.34. The Balaban J connectivity index is 1.65. The fraction of sp³-hybridized carbons (Fsp3) is 0.238. The van der Waals surface area contributed by atoms with Gasteiger partial charge in [0.05, 0.1) is 24.3 Å². The molecule has 0 saturated carbocycles. The van der Waals surface area contributed by atoms with E-state index in [0.29, 0.717) is 17.3 Å². The van der Waals surface area contributed by atoms with Crippen LogP contribution in [-0.2, 0) is 27.3 Å². The molecule has 28 heavy (non-hydrogen) atoms. The maximum atomic E-state index is 12.5. The Morgan fingerprint density at radius 3 is 2.57 bits per heavy atom. The lowest BCUT2D eigenvalue weighted by Gasteiger charge is -2.17. The molecule has 7 heteroatoms. The summed E-state index contributed by atoms with van der Waals surface area (Å²) in [6, 6.07) is 15.6. The van der Waals surface area contributed by atoms with Gasteiger partial charge in [-0.05, 0) is 17.7 Å². The standard InChI is InChI=1S/C21H21N3O4/c1-28-21(27)18(13-15-7-3-2-4-8-15)23-19(25)11-12-24-14-22-17-10-6-5-9-16(17)20(24)26/h2-10,14,18H,11-13H2,1H3,(H,23,25)/t18-/m0/s1. The van der Waals surface area contributed by atoms with Crippen molar-refractivity contribution < 1.29 is 14.3 Å². The molecular formula is C21H21N3O4. The van der Waals surface area contributed by atoms with Crippen LogP contribution in [0.15, 0.2) is 65.7 Å². The molecule has 1 aromatic heterocycles. The summed E-state index contributed by atoms with van der Waals surface area (Å²) in [6.07, 6.45) is 1.80. The minimum Gasteiger partial charge on any atom is -0.467 e. The number of amides is 1. The molecule has 0 bridgehead atoms. The van der Waals surface area contributed by atoms with Crippen LogP contribution in [0.5, 0.6) is 0 Å². The highest BCUT2D eigenvalue weighted by Gasteiger charge is 2.21. The van der Waals surface area contributed by atoms with E-state index < -0.39 is 12.0 Å². The van der Waals surface area contributed by atoms with Crippen LogP contribution in [0, 0.1) is 0 Å². The average molecular weight is 379 g/mol. The number of rotatable bonds is 7. The van der Waals surface area contributed by atoms with Crippen molar-refractivity contribution in [3.63, 3.8) is 0 Å². The van der Waals surface area contributed by atoms with Crippen LogP contribution in [0.4, 0.5) is 0 Å². The highest BCUT2D eigenvalue weighted by atomic mass is 16.5. The molecular weight excluding hydrogens is 358 g/mol. The first kappa shape index (κ1) is 19.3. The number of methoxy groups -OCH3 is 1. The zero-order valence-electron chi connectivity index (χ0n) is 15.5. The number of aryl methyl sites for hydroxylation is 1. The Hall–Kier alpha value is -3.48. The SMILES string of the molecule is COC(=O)[C@H](Cc1ccccc1)NC(=O)CCn1cnc2ccccc2c1=O. The molecule has 1 atom stereocenters. The molecule has 1 heterocycles. The van der Waals surface area contributed by atoms with Crippen LogP contribution in [0.25, 0.3) is 10.9 Å². The third kappa shape index (κ3) is 4.62. The van der Waals surface area contributed by atoms with Gasteiger partial charge in [0.15, 0.2) is 0 Å². The zero-order chi connectivity index (χ0) is 19.9. The first-order valence-electron chi connectivity index (χ1n) is 8.94. The molecule has 0 spiro atoms. The largest absolute Gasteiger partial charge is 0.467 e. The van der Waals surface area contributed by atoms with E-state index in [-0.39, 0.29) is 24.4 Å². The van der Waals surface area contributed by atoms with Gasteiger partial charge in [-0.1, -0.05) is 42.5 Å². The van der Waals surface area contributed by atoms with E-state index in [2.05, 4.69) is 10.3 Å². The van der Waals surface area contributed by atoms with Crippen LogP contribution in [-0.4, -0.2) is 34.6 Å². The number of fused-ring (bicyclic) bond motifs is 1. The van der Waals surface area contributed by atoms with E-state index in [4.69, 9.17) is 4.74 Å². The summed E-state index contributed by atoms with van der Waals surface area (Å²) >= 11 is 0. The lowest BCUT2D eigenvalue weighted by Crippen LogP contribution is -2.43. The lowest BCUT2D eigenvalue weighted by atomic mass is 10.1. The topological polar surface area (TPSA) is 90.3 Å². The molecule has 0 saturated heterocycles. The summed E-state index contributed by atoms with van der Waals surface area (Å²) in [6.45, 7) is 0.168. The van der Waals surface area contributed by atoms with Gasteiger partial charge in [-0.25, -0.2) is 9.78 Å². The van der Waals surface area contributed by atoms with Gasteiger partial charge in [0.2, 0.25) is 5.91 Å². The average Bonchev–Trinajstić information content (AvgIpc) is 2.73. The summed E-state index contributed by atoms with van der Waals surface area (Å²) in [5.41, 5.74) is 1.32. The highest BCUT2D eigenvalue weighted by Crippen LogP contribution is 2.06. The molecule has 0 radical (unpaired) electrons. The van der Waals surface area contributed by atoms with E-state index in [1.807, 2.05) is 36.4 Å². The minimum absolute atomic E-state index is 0.0439. The van der Waals surface area contributed by atoms with E-state index >= 15 is 0 Å². The predicted octanol–water partition coefficient (Wildman–Crippen LogP) is 1.69. The molecule has 1 amide bonds. The lowest BCUT2D eigenvalue weighted by molar-refractivity contribution is -0.145. The van der Waals surface area contributed by atoms with E-state index in [0.717, 1.165) is 5.56 Å². The number of carbonyl (C=O) groups is 2. The smallest absolute Gasteiger partial charge is 0.328 e. The summed E-state index contributed by atoms with van der Waals surface area (Å²) in [4.78, 5) is 41.1. The van der Waals surface area contributed by atoms with Gasteiger partial charge in [0, 0.05) is 19.4 Å². The minimum atomic E-state index is -0.786. The second-order valence-electron chi connectivity index (χ2n) is 6.34. The number of para-hydroxylation sites is 1. The van der Waals surface area contributed by atoms with Gasteiger partial charge < -0.3 is 10.1 Å². The number of carbonyl (C=O) groups excluding carboxylic acids is 2. The quantitative estimate of drug-likeness (QED) is 0.631.